The van der Waals surface area contributed by atoms with Crippen LogP contribution in [-0.4, -0.2) is 11.4 Å². The largest absolute Gasteiger partial charge is 0.499 e. The van der Waals surface area contributed by atoms with Crippen LogP contribution in [-0.2, 0) is 0 Å². The minimum Gasteiger partial charge on any atom is -0.499 e. The summed E-state index contributed by atoms with van der Waals surface area (Å²) in [4.78, 5) is 10.7. The smallest absolute Gasteiger partial charge is 0.172 e. The predicted molar refractivity (Wildman–Crippen MR) is 56.6 cm³/mol. The Labute approximate surface area is 86.9 Å². The van der Waals surface area contributed by atoms with E-state index in [0.717, 1.165) is 20.8 Å². The van der Waals surface area contributed by atoms with Crippen molar-refractivity contribution in [2.45, 2.75) is 0 Å². The first-order chi connectivity index (χ1) is 6.20. The zero-order valence-corrected chi connectivity index (χ0v) is 8.85. The molecule has 13 heavy (non-hydrogen) atoms. The molecule has 1 N–H and O–H groups in total. The number of benzene rings is 1. The van der Waals surface area contributed by atoms with Crippen molar-refractivity contribution in [3.63, 3.8) is 0 Å². The molecule has 0 saturated carbocycles. The van der Waals surface area contributed by atoms with Crippen LogP contribution >= 0.6 is 27.3 Å². The number of hydrogen-bond donors (Lipinski definition) is 1. The molecular weight excluding hydrogens is 252 g/mol. The lowest BCUT2D eigenvalue weighted by molar-refractivity contribution is 0.112. The normalized spacial score (nSPS) is 10.5. The average molecular weight is 257 g/mol. The van der Waals surface area contributed by atoms with Crippen LogP contribution in [0.5, 0.6) is 5.06 Å². The van der Waals surface area contributed by atoms with Gasteiger partial charge in [-0.3, -0.25) is 4.79 Å². The summed E-state index contributed by atoms with van der Waals surface area (Å²) < 4.78 is 1.68. The number of carbonyl (C=O) groups is 1. The number of aldehydes is 1. The van der Waals surface area contributed by atoms with Crippen LogP contribution in [0.25, 0.3) is 10.1 Å². The van der Waals surface area contributed by atoms with Crippen LogP contribution in [0.2, 0.25) is 0 Å². The summed E-state index contributed by atoms with van der Waals surface area (Å²) in [6.07, 6.45) is 0.795. The topological polar surface area (TPSA) is 37.3 Å². The fourth-order valence-corrected chi connectivity index (χ4v) is 2.57. The number of fused-ring (bicyclic) bond motifs is 1. The second kappa shape index (κ2) is 3.12. The van der Waals surface area contributed by atoms with Gasteiger partial charge in [-0.25, -0.2) is 0 Å². The van der Waals surface area contributed by atoms with Crippen molar-refractivity contribution >= 4 is 43.6 Å². The first-order valence-corrected chi connectivity index (χ1v) is 5.19. The van der Waals surface area contributed by atoms with Crippen molar-refractivity contribution in [3.05, 3.63) is 28.2 Å². The van der Waals surface area contributed by atoms with Gasteiger partial charge in [0.05, 0.1) is 0 Å². The van der Waals surface area contributed by atoms with Crippen LogP contribution in [0.4, 0.5) is 0 Å². The average Bonchev–Trinajstić information content (AvgIpc) is 2.43. The maximum Gasteiger partial charge on any atom is 0.172 e. The Kier molecular flexibility index (Phi) is 2.09. The van der Waals surface area contributed by atoms with Crippen molar-refractivity contribution in [1.29, 1.82) is 0 Å². The van der Waals surface area contributed by atoms with Gasteiger partial charge in [0.1, 0.15) is 0 Å². The maximum absolute atomic E-state index is 10.7. The minimum atomic E-state index is 0.233. The molecule has 1 aromatic heterocycles. The van der Waals surface area contributed by atoms with E-state index in [4.69, 9.17) is 0 Å². The summed E-state index contributed by atoms with van der Waals surface area (Å²) in [5, 5.41) is 10.4. The van der Waals surface area contributed by atoms with Crippen LogP contribution in [0.3, 0.4) is 0 Å². The molecule has 0 radical (unpaired) electrons. The Balaban J connectivity index is 2.88. The fourth-order valence-electron chi connectivity index (χ4n) is 1.22. The lowest BCUT2D eigenvalue weighted by Crippen LogP contribution is -1.78. The highest BCUT2D eigenvalue weighted by molar-refractivity contribution is 9.10. The zero-order chi connectivity index (χ0) is 9.42. The lowest BCUT2D eigenvalue weighted by atomic mass is 10.2. The van der Waals surface area contributed by atoms with Gasteiger partial charge in [0, 0.05) is 14.7 Å². The van der Waals surface area contributed by atoms with Gasteiger partial charge in [0.2, 0.25) is 0 Å². The summed E-state index contributed by atoms with van der Waals surface area (Å²) in [6, 6.07) is 5.27. The summed E-state index contributed by atoms with van der Waals surface area (Å²) in [6.45, 7) is 0. The lowest BCUT2D eigenvalue weighted by Gasteiger charge is -1.94. The summed E-state index contributed by atoms with van der Waals surface area (Å²) >= 11 is 4.51. The Morgan fingerprint density at radius 3 is 2.85 bits per heavy atom. The quantitative estimate of drug-likeness (QED) is 0.796. The minimum absolute atomic E-state index is 0.233. The van der Waals surface area contributed by atoms with Crippen molar-refractivity contribution in [2.75, 3.05) is 0 Å². The molecule has 0 aliphatic carbocycles. The van der Waals surface area contributed by atoms with E-state index >= 15 is 0 Å². The second-order valence-electron chi connectivity index (χ2n) is 2.62. The zero-order valence-electron chi connectivity index (χ0n) is 6.45. The van der Waals surface area contributed by atoms with Gasteiger partial charge in [-0.2, -0.15) is 0 Å². The van der Waals surface area contributed by atoms with Crippen LogP contribution < -0.4 is 0 Å². The number of hydrogen-bond acceptors (Lipinski definition) is 3. The molecule has 2 nitrogen and oxygen atoms in total. The molecule has 0 aliphatic rings. The molecule has 0 saturated heterocycles. The number of carbonyl (C=O) groups excluding carboxylic acids is 1. The molecule has 0 unspecified atom stereocenters. The van der Waals surface area contributed by atoms with E-state index in [9.17, 15) is 9.90 Å². The van der Waals surface area contributed by atoms with E-state index in [1.54, 1.807) is 12.1 Å². The Bertz CT molecular complexity index is 476. The van der Waals surface area contributed by atoms with Crippen molar-refractivity contribution in [1.82, 2.24) is 0 Å². The molecular formula is C9H5BrO2S. The van der Waals surface area contributed by atoms with Gasteiger partial charge in [0.15, 0.2) is 11.3 Å². The van der Waals surface area contributed by atoms with Gasteiger partial charge in [-0.1, -0.05) is 27.3 Å². The number of halogens is 1. The van der Waals surface area contributed by atoms with E-state index in [1.807, 2.05) is 6.07 Å². The molecule has 2 rings (SSSR count). The first-order valence-electron chi connectivity index (χ1n) is 3.58. The highest BCUT2D eigenvalue weighted by Gasteiger charge is 2.06. The summed E-state index contributed by atoms with van der Waals surface area (Å²) in [7, 11) is 0. The van der Waals surface area contributed by atoms with Crippen LogP contribution in [0.1, 0.15) is 10.4 Å². The van der Waals surface area contributed by atoms with Gasteiger partial charge >= 0.3 is 0 Å². The first kappa shape index (κ1) is 8.72. The van der Waals surface area contributed by atoms with Crippen LogP contribution in [0, 0.1) is 0 Å². The molecule has 0 fully saturated rings. The molecule has 0 bridgehead atoms. The maximum atomic E-state index is 10.7. The number of rotatable bonds is 1. The SMILES string of the molecule is O=Cc1cc(Br)cc2cc(O)sc12. The molecule has 0 aliphatic heterocycles. The summed E-state index contributed by atoms with van der Waals surface area (Å²) in [5.41, 5.74) is 0.606. The van der Waals surface area contributed by atoms with E-state index < -0.39 is 0 Å². The third kappa shape index (κ3) is 1.47. The molecule has 0 atom stereocenters. The van der Waals surface area contributed by atoms with Crippen molar-refractivity contribution in [3.8, 4) is 5.06 Å². The second-order valence-corrected chi connectivity index (χ2v) is 4.56. The van der Waals surface area contributed by atoms with E-state index in [0.29, 0.717) is 5.56 Å². The third-order valence-corrected chi connectivity index (χ3v) is 3.18. The highest BCUT2D eigenvalue weighted by Crippen LogP contribution is 2.34. The van der Waals surface area contributed by atoms with E-state index in [-0.39, 0.29) is 5.06 Å². The van der Waals surface area contributed by atoms with E-state index in [2.05, 4.69) is 15.9 Å². The monoisotopic (exact) mass is 256 g/mol. The highest BCUT2D eigenvalue weighted by atomic mass is 79.9. The van der Waals surface area contributed by atoms with Gasteiger partial charge < -0.3 is 5.11 Å². The Morgan fingerprint density at radius 2 is 2.15 bits per heavy atom. The molecule has 1 aromatic carbocycles. The fraction of sp³-hybridized carbons (Fsp3) is 0. The molecule has 4 heteroatoms. The Hall–Kier alpha value is -0.870. The molecule has 66 valence electrons. The predicted octanol–water partition coefficient (Wildman–Crippen LogP) is 3.18. The van der Waals surface area contributed by atoms with Crippen LogP contribution in [0.15, 0.2) is 22.7 Å². The van der Waals surface area contributed by atoms with Crippen molar-refractivity contribution < 1.29 is 9.90 Å². The van der Waals surface area contributed by atoms with Gasteiger partial charge in [0.25, 0.3) is 0 Å². The molecule has 1 heterocycles. The standard InChI is InChI=1S/C9H5BrO2S/c10-7-1-5-3-8(12)13-9(5)6(2-7)4-11/h1-4,12H. The number of thiophene rings is 1. The molecule has 2 aromatic rings. The Morgan fingerprint density at radius 1 is 1.38 bits per heavy atom. The third-order valence-electron chi connectivity index (χ3n) is 1.72. The van der Waals surface area contributed by atoms with Gasteiger partial charge in [-0.15, -0.1) is 0 Å². The molecule has 0 spiro atoms. The molecule has 0 amide bonds. The number of aromatic hydroxyl groups is 1. The van der Waals surface area contributed by atoms with Crippen molar-refractivity contribution in [2.24, 2.45) is 0 Å². The van der Waals surface area contributed by atoms with Gasteiger partial charge in [-0.05, 0) is 23.6 Å². The summed E-state index contributed by atoms with van der Waals surface area (Å²) in [5.74, 6) is 0. The van der Waals surface area contributed by atoms with E-state index in [1.165, 1.54) is 11.3 Å².